The number of carbonyl (C=O) groups is 1. The molecule has 0 saturated carbocycles. The Balaban J connectivity index is 1.89. The zero-order valence-corrected chi connectivity index (χ0v) is 15.0. The molecule has 2 rings (SSSR count). The van der Waals surface area contributed by atoms with Crippen LogP contribution in [0.4, 0.5) is 4.79 Å². The Hall–Kier alpha value is -1.56. The second-order valence-electron chi connectivity index (χ2n) is 7.28. The number of hydrogen-bond donors (Lipinski definition) is 1. The summed E-state index contributed by atoms with van der Waals surface area (Å²) in [5, 5.41) is 7.94. The fraction of sp³-hybridized carbons (Fsp3) is 0.765. The SMILES string of the molecule is CCn1cc(C(C)NC2CCCN(C(=O)OC(C)(C)C)C2)cn1. The maximum absolute atomic E-state index is 12.2. The van der Waals surface area contributed by atoms with Gasteiger partial charge in [-0.15, -0.1) is 0 Å². The third-order valence-electron chi connectivity index (χ3n) is 4.04. The predicted molar refractivity (Wildman–Crippen MR) is 90.3 cm³/mol. The first-order chi connectivity index (χ1) is 10.8. The number of carbonyl (C=O) groups excluding carboxylic acids is 1. The van der Waals surface area contributed by atoms with Crippen molar-refractivity contribution >= 4 is 6.09 Å². The molecular formula is C17H30N4O2. The van der Waals surface area contributed by atoms with Crippen LogP contribution in [0.15, 0.2) is 12.4 Å². The molecule has 1 fully saturated rings. The van der Waals surface area contributed by atoms with Gasteiger partial charge in [-0.1, -0.05) is 0 Å². The fourth-order valence-electron chi connectivity index (χ4n) is 2.83. The molecule has 1 amide bonds. The molecule has 1 N–H and O–H groups in total. The summed E-state index contributed by atoms with van der Waals surface area (Å²) in [5.41, 5.74) is 0.737. The summed E-state index contributed by atoms with van der Waals surface area (Å²) in [6.07, 6.45) is 5.85. The maximum atomic E-state index is 12.2. The van der Waals surface area contributed by atoms with Crippen LogP contribution in [0.2, 0.25) is 0 Å². The van der Waals surface area contributed by atoms with E-state index in [0.717, 1.165) is 25.9 Å². The summed E-state index contributed by atoms with van der Waals surface area (Å²) in [6, 6.07) is 0.509. The van der Waals surface area contributed by atoms with Gasteiger partial charge >= 0.3 is 6.09 Å². The van der Waals surface area contributed by atoms with Gasteiger partial charge in [-0.25, -0.2) is 4.79 Å². The van der Waals surface area contributed by atoms with Gasteiger partial charge in [-0.3, -0.25) is 4.68 Å². The van der Waals surface area contributed by atoms with E-state index >= 15 is 0 Å². The highest BCUT2D eigenvalue weighted by molar-refractivity contribution is 5.68. The summed E-state index contributed by atoms with van der Waals surface area (Å²) >= 11 is 0. The average molecular weight is 322 g/mol. The molecule has 2 unspecified atom stereocenters. The van der Waals surface area contributed by atoms with Crippen LogP contribution in [0.1, 0.15) is 59.1 Å². The quantitative estimate of drug-likeness (QED) is 0.926. The Bertz CT molecular complexity index is 521. The van der Waals surface area contributed by atoms with Gasteiger partial charge in [0, 0.05) is 43.5 Å². The first-order valence-electron chi connectivity index (χ1n) is 8.55. The standard InChI is InChI=1S/C17H30N4O2/c1-6-21-11-14(10-18-21)13(2)19-15-8-7-9-20(12-15)16(22)23-17(3,4)5/h10-11,13,15,19H,6-9,12H2,1-5H3. The molecule has 6 heteroatoms. The lowest BCUT2D eigenvalue weighted by Gasteiger charge is -2.35. The van der Waals surface area contributed by atoms with Crippen molar-refractivity contribution in [1.82, 2.24) is 20.0 Å². The van der Waals surface area contributed by atoms with Gasteiger partial charge in [0.15, 0.2) is 0 Å². The Kier molecular flexibility index (Phi) is 5.68. The molecule has 1 aliphatic rings. The molecule has 1 saturated heterocycles. The fourth-order valence-corrected chi connectivity index (χ4v) is 2.83. The van der Waals surface area contributed by atoms with Crippen LogP contribution in [0, 0.1) is 0 Å². The lowest BCUT2D eigenvalue weighted by Crippen LogP contribution is -2.49. The number of nitrogens with one attached hydrogen (secondary N) is 1. The van der Waals surface area contributed by atoms with Crippen LogP contribution >= 0.6 is 0 Å². The van der Waals surface area contributed by atoms with Crippen LogP contribution in [0.5, 0.6) is 0 Å². The van der Waals surface area contributed by atoms with E-state index in [1.807, 2.05) is 36.5 Å². The molecule has 1 aliphatic heterocycles. The van der Waals surface area contributed by atoms with Crippen molar-refractivity contribution in [2.24, 2.45) is 0 Å². The Morgan fingerprint density at radius 1 is 1.52 bits per heavy atom. The maximum Gasteiger partial charge on any atom is 0.410 e. The van der Waals surface area contributed by atoms with E-state index in [1.54, 1.807) is 0 Å². The first kappa shape index (κ1) is 17.8. The molecule has 1 aromatic heterocycles. The minimum Gasteiger partial charge on any atom is -0.444 e. The highest BCUT2D eigenvalue weighted by atomic mass is 16.6. The van der Waals surface area contributed by atoms with Crippen LogP contribution in [-0.2, 0) is 11.3 Å². The second kappa shape index (κ2) is 7.34. The Morgan fingerprint density at radius 3 is 2.87 bits per heavy atom. The number of aryl methyl sites for hydroxylation is 1. The van der Waals surface area contributed by atoms with Crippen LogP contribution in [0.3, 0.4) is 0 Å². The summed E-state index contributed by atoms with van der Waals surface area (Å²) < 4.78 is 7.41. The molecular weight excluding hydrogens is 292 g/mol. The number of piperidine rings is 1. The number of aromatic nitrogens is 2. The lowest BCUT2D eigenvalue weighted by atomic mass is 10.0. The number of amides is 1. The predicted octanol–water partition coefficient (Wildman–Crippen LogP) is 2.95. The number of rotatable bonds is 4. The molecule has 23 heavy (non-hydrogen) atoms. The number of ether oxygens (including phenoxy) is 1. The summed E-state index contributed by atoms with van der Waals surface area (Å²) in [5.74, 6) is 0. The van der Waals surface area contributed by atoms with Crippen molar-refractivity contribution in [2.45, 2.75) is 71.7 Å². The molecule has 2 heterocycles. The summed E-state index contributed by atoms with van der Waals surface area (Å²) in [6.45, 7) is 12.3. The molecule has 130 valence electrons. The van der Waals surface area contributed by atoms with Crippen LogP contribution in [0.25, 0.3) is 0 Å². The van der Waals surface area contributed by atoms with E-state index in [2.05, 4.69) is 30.5 Å². The van der Waals surface area contributed by atoms with Crippen molar-refractivity contribution in [3.63, 3.8) is 0 Å². The summed E-state index contributed by atoms with van der Waals surface area (Å²) in [4.78, 5) is 14.0. The van der Waals surface area contributed by atoms with Crippen molar-refractivity contribution < 1.29 is 9.53 Å². The minimum absolute atomic E-state index is 0.213. The second-order valence-corrected chi connectivity index (χ2v) is 7.28. The van der Waals surface area contributed by atoms with Gasteiger partial charge in [-0.2, -0.15) is 5.10 Å². The third kappa shape index (κ3) is 5.23. The van der Waals surface area contributed by atoms with Crippen LogP contribution in [-0.4, -0.2) is 45.5 Å². The number of nitrogens with zero attached hydrogens (tertiary/aromatic N) is 3. The number of hydrogen-bond acceptors (Lipinski definition) is 4. The largest absolute Gasteiger partial charge is 0.444 e. The van der Waals surface area contributed by atoms with Gasteiger partial charge in [-0.05, 0) is 47.5 Å². The Labute approximate surface area is 139 Å². The van der Waals surface area contributed by atoms with Gasteiger partial charge < -0.3 is 15.0 Å². The van der Waals surface area contributed by atoms with Gasteiger partial charge in [0.25, 0.3) is 0 Å². The topological polar surface area (TPSA) is 59.4 Å². The lowest BCUT2D eigenvalue weighted by molar-refractivity contribution is 0.0184. The normalized spacial score (nSPS) is 20.4. The number of likely N-dealkylation sites (tertiary alicyclic amines) is 1. The highest BCUT2D eigenvalue weighted by Crippen LogP contribution is 2.18. The van der Waals surface area contributed by atoms with E-state index in [-0.39, 0.29) is 18.2 Å². The first-order valence-corrected chi connectivity index (χ1v) is 8.55. The minimum atomic E-state index is -0.445. The molecule has 1 aromatic rings. The Morgan fingerprint density at radius 2 is 2.26 bits per heavy atom. The van der Waals surface area contributed by atoms with Crippen molar-refractivity contribution in [2.75, 3.05) is 13.1 Å². The molecule has 0 aromatic carbocycles. The molecule has 0 radical (unpaired) electrons. The molecule has 6 nitrogen and oxygen atoms in total. The van der Waals surface area contributed by atoms with Gasteiger partial charge in [0.05, 0.1) is 6.20 Å². The van der Waals surface area contributed by atoms with E-state index in [9.17, 15) is 4.79 Å². The average Bonchev–Trinajstić information content (AvgIpc) is 2.95. The zero-order valence-electron chi connectivity index (χ0n) is 15.0. The van der Waals surface area contributed by atoms with E-state index < -0.39 is 5.60 Å². The summed E-state index contributed by atoms with van der Waals surface area (Å²) in [7, 11) is 0. The van der Waals surface area contributed by atoms with E-state index in [4.69, 9.17) is 4.74 Å². The molecule has 0 spiro atoms. The highest BCUT2D eigenvalue weighted by Gasteiger charge is 2.28. The van der Waals surface area contributed by atoms with E-state index in [0.29, 0.717) is 6.54 Å². The van der Waals surface area contributed by atoms with Crippen LogP contribution < -0.4 is 5.32 Å². The van der Waals surface area contributed by atoms with Gasteiger partial charge in [0.2, 0.25) is 0 Å². The van der Waals surface area contributed by atoms with E-state index in [1.165, 1.54) is 5.56 Å². The van der Waals surface area contributed by atoms with Crippen molar-refractivity contribution in [3.8, 4) is 0 Å². The monoisotopic (exact) mass is 322 g/mol. The molecule has 0 aliphatic carbocycles. The van der Waals surface area contributed by atoms with Crippen molar-refractivity contribution in [1.29, 1.82) is 0 Å². The smallest absolute Gasteiger partial charge is 0.410 e. The molecule has 0 bridgehead atoms. The van der Waals surface area contributed by atoms with Crippen molar-refractivity contribution in [3.05, 3.63) is 18.0 Å². The zero-order chi connectivity index (χ0) is 17.0. The third-order valence-corrected chi connectivity index (χ3v) is 4.04. The molecule has 2 atom stereocenters. The van der Waals surface area contributed by atoms with Gasteiger partial charge in [0.1, 0.15) is 5.60 Å².